The number of carbonyl (C=O) groups is 1. The van der Waals surface area contributed by atoms with Gasteiger partial charge in [-0.3, -0.25) is 9.69 Å². The lowest BCUT2D eigenvalue weighted by atomic mass is 10.1. The lowest BCUT2D eigenvalue weighted by molar-refractivity contribution is 0.0644. The van der Waals surface area contributed by atoms with Crippen LogP contribution in [0.15, 0.2) is 18.2 Å². The third-order valence-electron chi connectivity index (χ3n) is 3.35. The fourth-order valence-corrected chi connectivity index (χ4v) is 2.58. The van der Waals surface area contributed by atoms with E-state index in [9.17, 15) is 9.18 Å². The Bertz CT molecular complexity index is 439. The van der Waals surface area contributed by atoms with Crippen LogP contribution in [0.2, 0.25) is 0 Å². The molecule has 104 valence electrons. The number of nitrogens with zero attached hydrogens (tertiary/aromatic N) is 2. The van der Waals surface area contributed by atoms with Crippen LogP contribution in [0, 0.1) is 12.7 Å². The van der Waals surface area contributed by atoms with Crippen LogP contribution < -0.4 is 0 Å². The summed E-state index contributed by atoms with van der Waals surface area (Å²) in [6, 6.07) is 4.46. The van der Waals surface area contributed by atoms with Crippen LogP contribution in [0.4, 0.5) is 4.39 Å². The summed E-state index contributed by atoms with van der Waals surface area (Å²) in [5.41, 5.74) is 1.20. The van der Waals surface area contributed by atoms with E-state index in [2.05, 4.69) is 4.90 Å². The molecule has 0 radical (unpaired) electrons. The van der Waals surface area contributed by atoms with Gasteiger partial charge >= 0.3 is 0 Å². The number of hydrogen-bond acceptors (Lipinski definition) is 2. The summed E-state index contributed by atoms with van der Waals surface area (Å²) < 4.78 is 13.3. The molecule has 3 nitrogen and oxygen atoms in total. The van der Waals surface area contributed by atoms with Crippen molar-refractivity contribution >= 4 is 17.5 Å². The molecule has 0 aliphatic carbocycles. The van der Waals surface area contributed by atoms with Crippen molar-refractivity contribution in [2.24, 2.45) is 0 Å². The largest absolute Gasteiger partial charge is 0.336 e. The van der Waals surface area contributed by atoms with Gasteiger partial charge < -0.3 is 4.90 Å². The van der Waals surface area contributed by atoms with E-state index >= 15 is 0 Å². The average Bonchev–Trinajstić information content (AvgIpc) is 2.38. The molecule has 0 unspecified atom stereocenters. The first-order valence-electron chi connectivity index (χ1n) is 6.45. The maximum absolute atomic E-state index is 13.3. The van der Waals surface area contributed by atoms with Crippen LogP contribution in [0.25, 0.3) is 0 Å². The van der Waals surface area contributed by atoms with E-state index in [1.54, 1.807) is 17.9 Å². The minimum absolute atomic E-state index is 0.0897. The maximum atomic E-state index is 13.3. The fraction of sp³-hybridized carbons (Fsp3) is 0.500. The van der Waals surface area contributed by atoms with Gasteiger partial charge in [-0.2, -0.15) is 0 Å². The normalized spacial score (nSPS) is 16.7. The van der Waals surface area contributed by atoms with E-state index in [4.69, 9.17) is 11.6 Å². The third kappa shape index (κ3) is 3.67. The molecule has 2 rings (SSSR count). The van der Waals surface area contributed by atoms with Crippen LogP contribution in [0.3, 0.4) is 0 Å². The fourth-order valence-electron chi connectivity index (χ4n) is 2.34. The minimum Gasteiger partial charge on any atom is -0.336 e. The van der Waals surface area contributed by atoms with Gasteiger partial charge in [-0.25, -0.2) is 4.39 Å². The summed E-state index contributed by atoms with van der Waals surface area (Å²) in [4.78, 5) is 16.3. The van der Waals surface area contributed by atoms with Gasteiger partial charge in [0.15, 0.2) is 0 Å². The quantitative estimate of drug-likeness (QED) is 0.794. The van der Waals surface area contributed by atoms with Crippen molar-refractivity contribution in [1.29, 1.82) is 0 Å². The Hall–Kier alpha value is -1.13. The van der Waals surface area contributed by atoms with Gasteiger partial charge in [-0.05, 0) is 30.7 Å². The van der Waals surface area contributed by atoms with E-state index in [1.807, 2.05) is 0 Å². The van der Waals surface area contributed by atoms with E-state index < -0.39 is 0 Å². The third-order valence-corrected chi connectivity index (χ3v) is 3.52. The van der Waals surface area contributed by atoms with Gasteiger partial charge in [-0.1, -0.05) is 0 Å². The lowest BCUT2D eigenvalue weighted by Crippen LogP contribution is -2.49. The number of amides is 1. The summed E-state index contributed by atoms with van der Waals surface area (Å²) in [5, 5.41) is 0. The molecule has 0 aromatic heterocycles. The second kappa shape index (κ2) is 6.35. The molecule has 1 aromatic rings. The van der Waals surface area contributed by atoms with Gasteiger partial charge in [0.2, 0.25) is 0 Å². The molecule has 0 spiro atoms. The van der Waals surface area contributed by atoms with Crippen molar-refractivity contribution < 1.29 is 9.18 Å². The molecule has 1 amide bonds. The number of aryl methyl sites for hydroxylation is 1. The van der Waals surface area contributed by atoms with Gasteiger partial charge in [-0.15, -0.1) is 11.6 Å². The number of piperazine rings is 1. The van der Waals surface area contributed by atoms with Crippen molar-refractivity contribution in [3.05, 3.63) is 35.1 Å². The van der Waals surface area contributed by atoms with Gasteiger partial charge in [0.25, 0.3) is 5.91 Å². The zero-order chi connectivity index (χ0) is 13.8. The van der Waals surface area contributed by atoms with Crippen LogP contribution in [0.5, 0.6) is 0 Å². The summed E-state index contributed by atoms with van der Waals surface area (Å²) in [7, 11) is 0. The Morgan fingerprint density at radius 3 is 2.53 bits per heavy atom. The molecule has 5 heteroatoms. The second-order valence-electron chi connectivity index (χ2n) is 4.84. The molecular formula is C14H18ClFN2O. The highest BCUT2D eigenvalue weighted by atomic mass is 35.5. The molecule has 1 aliphatic rings. The zero-order valence-corrected chi connectivity index (χ0v) is 11.8. The van der Waals surface area contributed by atoms with Crippen molar-refractivity contribution in [2.75, 3.05) is 38.6 Å². The molecule has 1 aliphatic heterocycles. The number of benzene rings is 1. The first kappa shape index (κ1) is 14.3. The van der Waals surface area contributed by atoms with E-state index in [-0.39, 0.29) is 11.7 Å². The number of alkyl halides is 1. The molecule has 0 N–H and O–H groups in total. The smallest absolute Gasteiger partial charge is 0.254 e. The highest BCUT2D eigenvalue weighted by molar-refractivity contribution is 6.18. The Morgan fingerprint density at radius 2 is 1.95 bits per heavy atom. The molecule has 0 bridgehead atoms. The highest BCUT2D eigenvalue weighted by Gasteiger charge is 2.22. The van der Waals surface area contributed by atoms with Crippen molar-refractivity contribution in [2.45, 2.75) is 6.92 Å². The number of halogens is 2. The van der Waals surface area contributed by atoms with Crippen LogP contribution >= 0.6 is 11.6 Å². The van der Waals surface area contributed by atoms with E-state index in [0.29, 0.717) is 24.5 Å². The molecule has 1 fully saturated rings. The summed E-state index contributed by atoms with van der Waals surface area (Å²) in [6.07, 6.45) is 0. The Labute approximate surface area is 117 Å². The Morgan fingerprint density at radius 1 is 1.26 bits per heavy atom. The van der Waals surface area contributed by atoms with E-state index in [0.717, 1.165) is 25.2 Å². The summed E-state index contributed by atoms with van der Waals surface area (Å²) in [5.74, 6) is 0.161. The predicted octanol–water partition coefficient (Wildman–Crippen LogP) is 2.13. The Balaban J connectivity index is 2.01. The minimum atomic E-state index is -0.357. The molecule has 1 saturated heterocycles. The average molecular weight is 285 g/mol. The van der Waals surface area contributed by atoms with Crippen LogP contribution in [-0.4, -0.2) is 54.3 Å². The van der Waals surface area contributed by atoms with Gasteiger partial charge in [0.05, 0.1) is 0 Å². The molecule has 1 heterocycles. The SMILES string of the molecule is Cc1cc(F)cc(C(=O)N2CCN(CCCl)CC2)c1. The highest BCUT2D eigenvalue weighted by Crippen LogP contribution is 2.13. The molecule has 0 atom stereocenters. The number of carbonyl (C=O) groups excluding carboxylic acids is 1. The number of rotatable bonds is 3. The second-order valence-corrected chi connectivity index (χ2v) is 5.22. The standard InChI is InChI=1S/C14H18ClFN2O/c1-11-8-12(10-13(16)9-11)14(19)18-6-4-17(3-2-15)5-7-18/h8-10H,2-7H2,1H3. The zero-order valence-electron chi connectivity index (χ0n) is 11.0. The molecule has 0 saturated carbocycles. The van der Waals surface area contributed by atoms with Gasteiger partial charge in [0, 0.05) is 44.2 Å². The number of hydrogen-bond donors (Lipinski definition) is 0. The predicted molar refractivity (Wildman–Crippen MR) is 74.2 cm³/mol. The van der Waals surface area contributed by atoms with Crippen LogP contribution in [0.1, 0.15) is 15.9 Å². The lowest BCUT2D eigenvalue weighted by Gasteiger charge is -2.34. The maximum Gasteiger partial charge on any atom is 0.254 e. The monoisotopic (exact) mass is 284 g/mol. The molecular weight excluding hydrogens is 267 g/mol. The van der Waals surface area contributed by atoms with Crippen molar-refractivity contribution in [3.8, 4) is 0 Å². The first-order chi connectivity index (χ1) is 9.10. The molecule has 19 heavy (non-hydrogen) atoms. The van der Waals surface area contributed by atoms with E-state index in [1.165, 1.54) is 12.1 Å². The first-order valence-corrected chi connectivity index (χ1v) is 6.98. The molecule has 1 aromatic carbocycles. The summed E-state index contributed by atoms with van der Waals surface area (Å²) in [6.45, 7) is 5.64. The Kier molecular flexibility index (Phi) is 4.77. The van der Waals surface area contributed by atoms with Crippen molar-refractivity contribution in [3.63, 3.8) is 0 Å². The van der Waals surface area contributed by atoms with Gasteiger partial charge in [0.1, 0.15) is 5.82 Å². The van der Waals surface area contributed by atoms with Crippen molar-refractivity contribution in [1.82, 2.24) is 9.80 Å². The topological polar surface area (TPSA) is 23.6 Å². The van der Waals surface area contributed by atoms with Crippen LogP contribution in [-0.2, 0) is 0 Å². The summed E-state index contributed by atoms with van der Waals surface area (Å²) >= 11 is 5.70.